The Morgan fingerprint density at radius 2 is 1.91 bits per heavy atom. The second-order valence-electron chi connectivity index (χ2n) is 6.32. The van der Waals surface area contributed by atoms with Crippen molar-refractivity contribution < 1.29 is 13.2 Å². The lowest BCUT2D eigenvalue weighted by molar-refractivity contribution is -0.122. The van der Waals surface area contributed by atoms with E-state index in [0.717, 1.165) is 11.8 Å². The molecule has 1 aromatic rings. The quantitative estimate of drug-likeness (QED) is 0.891. The summed E-state index contributed by atoms with van der Waals surface area (Å²) >= 11 is 6.06. The van der Waals surface area contributed by atoms with Crippen LogP contribution in [-0.2, 0) is 14.8 Å². The fourth-order valence-corrected chi connectivity index (χ4v) is 3.00. The first kappa shape index (κ1) is 18.8. The summed E-state index contributed by atoms with van der Waals surface area (Å²) in [5, 5.41) is 3.30. The van der Waals surface area contributed by atoms with E-state index in [1.54, 1.807) is 18.2 Å². The van der Waals surface area contributed by atoms with E-state index >= 15 is 0 Å². The van der Waals surface area contributed by atoms with Gasteiger partial charge in [-0.15, -0.1) is 0 Å². The maximum atomic E-state index is 12.0. The number of sulfonamides is 1. The molecule has 0 unspecified atom stereocenters. The fraction of sp³-hybridized carbons (Fsp3) is 0.533. The molecule has 22 heavy (non-hydrogen) atoms. The summed E-state index contributed by atoms with van der Waals surface area (Å²) in [4.78, 5) is 11.9. The average molecular weight is 347 g/mol. The molecule has 0 heterocycles. The Bertz CT molecular complexity index is 651. The summed E-state index contributed by atoms with van der Waals surface area (Å²) in [7, 11) is -3.49. The Hall–Kier alpha value is -1.27. The molecule has 0 fully saturated rings. The summed E-state index contributed by atoms with van der Waals surface area (Å²) in [6.07, 6.45) is 1.19. The molecule has 0 aliphatic carbocycles. The van der Waals surface area contributed by atoms with Gasteiger partial charge in [-0.25, -0.2) is 8.42 Å². The number of hydrogen-bond acceptors (Lipinski definition) is 3. The largest absolute Gasteiger partial charge is 0.351 e. The van der Waals surface area contributed by atoms with Gasteiger partial charge in [-0.05, 0) is 45.4 Å². The predicted molar refractivity (Wildman–Crippen MR) is 90.9 cm³/mol. The van der Waals surface area contributed by atoms with E-state index in [2.05, 4.69) is 5.32 Å². The van der Waals surface area contributed by atoms with Crippen molar-refractivity contribution in [2.45, 2.75) is 39.7 Å². The molecule has 1 rings (SSSR count). The van der Waals surface area contributed by atoms with Gasteiger partial charge in [0.25, 0.3) is 0 Å². The lowest BCUT2D eigenvalue weighted by Crippen LogP contribution is -2.42. The normalized spacial score (nSPS) is 12.1. The van der Waals surface area contributed by atoms with E-state index in [0.29, 0.717) is 10.7 Å². The topological polar surface area (TPSA) is 66.5 Å². The standard InChI is InChI=1S/C15H23ClN2O3S/c1-11-6-7-12(10-13(11)16)18(22(5,20)21)9-8-14(19)17-15(2,3)4/h6-7,10H,8-9H2,1-5H3,(H,17,19). The lowest BCUT2D eigenvalue weighted by atomic mass is 10.1. The molecule has 1 aromatic carbocycles. The third-order valence-corrected chi connectivity index (χ3v) is 4.50. The van der Waals surface area contributed by atoms with E-state index in [9.17, 15) is 13.2 Å². The molecule has 124 valence electrons. The third-order valence-electron chi connectivity index (χ3n) is 2.90. The molecule has 0 aromatic heterocycles. The van der Waals surface area contributed by atoms with Crippen LogP contribution in [0, 0.1) is 6.92 Å². The van der Waals surface area contributed by atoms with Gasteiger partial charge in [0, 0.05) is 23.5 Å². The van der Waals surface area contributed by atoms with Gasteiger partial charge in [0.05, 0.1) is 11.9 Å². The van der Waals surface area contributed by atoms with Crippen LogP contribution in [0.4, 0.5) is 5.69 Å². The van der Waals surface area contributed by atoms with Crippen LogP contribution in [0.15, 0.2) is 18.2 Å². The SMILES string of the molecule is Cc1ccc(N(CCC(=O)NC(C)(C)C)S(C)(=O)=O)cc1Cl. The lowest BCUT2D eigenvalue weighted by Gasteiger charge is -2.24. The Labute approximate surface area is 137 Å². The van der Waals surface area contributed by atoms with Crippen LogP contribution in [0.3, 0.4) is 0 Å². The Balaban J connectivity index is 2.92. The molecule has 1 N–H and O–H groups in total. The zero-order valence-corrected chi connectivity index (χ0v) is 15.2. The molecule has 0 spiro atoms. The van der Waals surface area contributed by atoms with Gasteiger partial charge in [0.1, 0.15) is 0 Å². The van der Waals surface area contributed by atoms with E-state index in [4.69, 9.17) is 11.6 Å². The second-order valence-corrected chi connectivity index (χ2v) is 8.63. The molecular formula is C15H23ClN2O3S. The number of carbonyl (C=O) groups excluding carboxylic acids is 1. The van der Waals surface area contributed by atoms with Crippen LogP contribution in [0.1, 0.15) is 32.8 Å². The summed E-state index contributed by atoms with van der Waals surface area (Å²) in [5.41, 5.74) is 0.978. The van der Waals surface area contributed by atoms with Crippen LogP contribution < -0.4 is 9.62 Å². The highest BCUT2D eigenvalue weighted by Crippen LogP contribution is 2.25. The number of anilines is 1. The van der Waals surface area contributed by atoms with Gasteiger partial charge < -0.3 is 5.32 Å². The van der Waals surface area contributed by atoms with Crippen molar-refractivity contribution in [2.75, 3.05) is 17.1 Å². The smallest absolute Gasteiger partial charge is 0.232 e. The monoisotopic (exact) mass is 346 g/mol. The van der Waals surface area contributed by atoms with Crippen molar-refractivity contribution in [3.8, 4) is 0 Å². The molecule has 1 amide bonds. The molecule has 0 saturated heterocycles. The second kappa shape index (κ2) is 6.87. The number of aryl methyl sites for hydroxylation is 1. The fourth-order valence-electron chi connectivity index (χ4n) is 1.91. The highest BCUT2D eigenvalue weighted by Gasteiger charge is 2.20. The number of hydrogen-bond donors (Lipinski definition) is 1. The number of halogens is 1. The summed E-state index contributed by atoms with van der Waals surface area (Å²) in [6, 6.07) is 5.04. The van der Waals surface area contributed by atoms with Crippen LogP contribution >= 0.6 is 11.6 Å². The minimum Gasteiger partial charge on any atom is -0.351 e. The Kier molecular flexibility index (Phi) is 5.87. The van der Waals surface area contributed by atoms with Crippen molar-refractivity contribution in [3.63, 3.8) is 0 Å². The van der Waals surface area contributed by atoms with Gasteiger partial charge in [-0.3, -0.25) is 9.10 Å². The maximum absolute atomic E-state index is 12.0. The molecular weight excluding hydrogens is 324 g/mol. The highest BCUT2D eigenvalue weighted by atomic mass is 35.5. The molecule has 0 aliphatic rings. The van der Waals surface area contributed by atoms with Gasteiger partial charge in [-0.1, -0.05) is 17.7 Å². The van der Waals surface area contributed by atoms with Gasteiger partial charge >= 0.3 is 0 Å². The van der Waals surface area contributed by atoms with Crippen LogP contribution in [0.25, 0.3) is 0 Å². The summed E-state index contributed by atoms with van der Waals surface area (Å²) in [5.74, 6) is -0.195. The van der Waals surface area contributed by atoms with E-state index in [-0.39, 0.29) is 24.4 Å². The molecule has 0 bridgehead atoms. The van der Waals surface area contributed by atoms with Crippen molar-refractivity contribution in [2.24, 2.45) is 0 Å². The Morgan fingerprint density at radius 1 is 1.32 bits per heavy atom. The minimum absolute atomic E-state index is 0.0696. The van der Waals surface area contributed by atoms with Crippen LogP contribution in [0.2, 0.25) is 5.02 Å². The number of amides is 1. The van der Waals surface area contributed by atoms with Gasteiger partial charge in [0.2, 0.25) is 15.9 Å². The number of rotatable bonds is 5. The molecule has 0 atom stereocenters. The number of nitrogens with zero attached hydrogens (tertiary/aromatic N) is 1. The molecule has 5 nitrogen and oxygen atoms in total. The first-order valence-electron chi connectivity index (χ1n) is 6.95. The zero-order valence-electron chi connectivity index (χ0n) is 13.6. The van der Waals surface area contributed by atoms with E-state index in [1.807, 2.05) is 27.7 Å². The number of nitrogens with one attached hydrogen (secondary N) is 1. The van der Waals surface area contributed by atoms with E-state index in [1.165, 1.54) is 4.31 Å². The Morgan fingerprint density at radius 3 is 2.36 bits per heavy atom. The van der Waals surface area contributed by atoms with E-state index < -0.39 is 10.0 Å². The molecule has 7 heteroatoms. The summed E-state index contributed by atoms with van der Waals surface area (Å²) in [6.45, 7) is 7.53. The maximum Gasteiger partial charge on any atom is 0.232 e. The van der Waals surface area contributed by atoms with Crippen molar-refractivity contribution in [1.29, 1.82) is 0 Å². The van der Waals surface area contributed by atoms with Crippen LogP contribution in [-0.4, -0.2) is 32.7 Å². The number of benzene rings is 1. The van der Waals surface area contributed by atoms with Crippen LogP contribution in [0.5, 0.6) is 0 Å². The van der Waals surface area contributed by atoms with Crippen molar-refractivity contribution in [3.05, 3.63) is 28.8 Å². The predicted octanol–water partition coefficient (Wildman–Crippen LogP) is 2.72. The molecule has 0 radical (unpaired) electrons. The average Bonchev–Trinajstić information content (AvgIpc) is 2.29. The van der Waals surface area contributed by atoms with Crippen molar-refractivity contribution >= 4 is 33.2 Å². The first-order valence-corrected chi connectivity index (χ1v) is 9.17. The minimum atomic E-state index is -3.49. The number of carbonyl (C=O) groups is 1. The molecule has 0 aliphatic heterocycles. The zero-order chi connectivity index (χ0) is 17.1. The highest BCUT2D eigenvalue weighted by molar-refractivity contribution is 7.92. The third kappa shape index (κ3) is 5.85. The van der Waals surface area contributed by atoms with Gasteiger partial charge in [0.15, 0.2) is 0 Å². The van der Waals surface area contributed by atoms with Crippen molar-refractivity contribution in [1.82, 2.24) is 5.32 Å². The first-order chi connectivity index (χ1) is 9.90. The molecule has 0 saturated carbocycles. The summed E-state index contributed by atoms with van der Waals surface area (Å²) < 4.78 is 25.1. The van der Waals surface area contributed by atoms with Gasteiger partial charge in [-0.2, -0.15) is 0 Å².